The summed E-state index contributed by atoms with van der Waals surface area (Å²) in [5, 5.41) is 15.9. The Morgan fingerprint density at radius 2 is 2.35 bits per heavy atom. The van der Waals surface area contributed by atoms with Crippen LogP contribution in [0.1, 0.15) is 5.56 Å². The van der Waals surface area contributed by atoms with Gasteiger partial charge in [0.1, 0.15) is 0 Å². The molecule has 1 aromatic carbocycles. The van der Waals surface area contributed by atoms with Gasteiger partial charge in [-0.1, -0.05) is 6.07 Å². The molecule has 0 atom stereocenters. The Bertz CT molecular complexity index is 593. The van der Waals surface area contributed by atoms with Crippen LogP contribution in [0.2, 0.25) is 0 Å². The third-order valence-corrected chi connectivity index (χ3v) is 4.26. The first-order valence-corrected chi connectivity index (χ1v) is 6.41. The van der Waals surface area contributed by atoms with Gasteiger partial charge < -0.3 is 5.11 Å². The zero-order chi connectivity index (χ0) is 12.4. The number of aromatic nitrogens is 3. The minimum atomic E-state index is -0.240. The molecule has 0 amide bonds. The maximum absolute atomic E-state index is 11.2. The van der Waals surface area contributed by atoms with Gasteiger partial charge in [-0.3, -0.25) is 4.57 Å². The quantitative estimate of drug-likeness (QED) is 0.900. The van der Waals surface area contributed by atoms with Crippen LogP contribution in [0.4, 0.5) is 0 Å². The van der Waals surface area contributed by atoms with Gasteiger partial charge in [0.2, 0.25) is 0 Å². The molecular formula is C10H10BrN3O2S. The van der Waals surface area contributed by atoms with Crippen LogP contribution in [0, 0.1) is 0 Å². The van der Waals surface area contributed by atoms with Crippen molar-refractivity contribution in [3.05, 3.63) is 38.7 Å². The molecule has 0 saturated carbocycles. The van der Waals surface area contributed by atoms with E-state index in [1.165, 1.54) is 16.3 Å². The monoisotopic (exact) mass is 315 g/mol. The summed E-state index contributed by atoms with van der Waals surface area (Å²) in [5.74, 6) is 0. The second-order valence-corrected chi connectivity index (χ2v) is 5.26. The number of hydrogen-bond donors (Lipinski definition) is 2. The van der Waals surface area contributed by atoms with Crippen molar-refractivity contribution in [3.8, 4) is 0 Å². The average Bonchev–Trinajstić information content (AvgIpc) is 2.63. The molecule has 0 fully saturated rings. The summed E-state index contributed by atoms with van der Waals surface area (Å²) in [6.07, 6.45) is 0. The molecule has 0 radical (unpaired) electrons. The summed E-state index contributed by atoms with van der Waals surface area (Å²) in [6, 6.07) is 5.55. The zero-order valence-electron chi connectivity index (χ0n) is 8.98. The van der Waals surface area contributed by atoms with Crippen LogP contribution in [0.15, 0.2) is 37.5 Å². The minimum Gasteiger partial charge on any atom is -0.392 e. The molecule has 17 heavy (non-hydrogen) atoms. The van der Waals surface area contributed by atoms with Gasteiger partial charge in [0.15, 0.2) is 5.16 Å². The Kier molecular flexibility index (Phi) is 3.70. The van der Waals surface area contributed by atoms with E-state index in [1.54, 1.807) is 7.05 Å². The molecule has 5 nitrogen and oxygen atoms in total. The largest absolute Gasteiger partial charge is 0.392 e. The van der Waals surface area contributed by atoms with Gasteiger partial charge in [0.25, 0.3) is 0 Å². The highest BCUT2D eigenvalue weighted by molar-refractivity contribution is 9.10. The van der Waals surface area contributed by atoms with Gasteiger partial charge in [-0.25, -0.2) is 9.89 Å². The normalized spacial score (nSPS) is 10.8. The fourth-order valence-electron chi connectivity index (χ4n) is 1.25. The number of halogens is 1. The van der Waals surface area contributed by atoms with E-state index in [0.717, 1.165) is 14.9 Å². The number of aromatic amines is 1. The first-order valence-electron chi connectivity index (χ1n) is 4.80. The van der Waals surface area contributed by atoms with Gasteiger partial charge in [0, 0.05) is 16.4 Å². The molecule has 0 unspecified atom stereocenters. The highest BCUT2D eigenvalue weighted by Crippen LogP contribution is 2.32. The SMILES string of the molecule is Cn1c(Sc2ccc(CO)cc2Br)n[nH]c1=O. The third-order valence-electron chi connectivity index (χ3n) is 2.22. The van der Waals surface area contributed by atoms with Crippen molar-refractivity contribution in [3.63, 3.8) is 0 Å². The summed E-state index contributed by atoms with van der Waals surface area (Å²) in [4.78, 5) is 12.1. The van der Waals surface area contributed by atoms with E-state index in [2.05, 4.69) is 26.1 Å². The van der Waals surface area contributed by atoms with E-state index in [9.17, 15) is 4.79 Å². The topological polar surface area (TPSA) is 70.9 Å². The molecule has 0 aliphatic heterocycles. The number of nitrogens with one attached hydrogen (secondary N) is 1. The van der Waals surface area contributed by atoms with Crippen LogP contribution >= 0.6 is 27.7 Å². The number of rotatable bonds is 3. The Morgan fingerprint density at radius 1 is 1.59 bits per heavy atom. The molecular weight excluding hydrogens is 306 g/mol. The Morgan fingerprint density at radius 3 is 2.88 bits per heavy atom. The van der Waals surface area contributed by atoms with Crippen LogP contribution in [-0.4, -0.2) is 19.9 Å². The fourth-order valence-corrected chi connectivity index (χ4v) is 2.72. The molecule has 0 spiro atoms. The van der Waals surface area contributed by atoms with E-state index in [0.29, 0.717) is 5.16 Å². The van der Waals surface area contributed by atoms with Crippen molar-refractivity contribution in [1.29, 1.82) is 0 Å². The van der Waals surface area contributed by atoms with Crippen molar-refractivity contribution in [1.82, 2.24) is 14.8 Å². The van der Waals surface area contributed by atoms with Crippen LogP contribution in [-0.2, 0) is 13.7 Å². The molecule has 0 bridgehead atoms. The molecule has 1 heterocycles. The number of hydrogen-bond acceptors (Lipinski definition) is 4. The maximum atomic E-state index is 11.2. The lowest BCUT2D eigenvalue weighted by Gasteiger charge is -2.04. The molecule has 7 heteroatoms. The zero-order valence-corrected chi connectivity index (χ0v) is 11.4. The Balaban J connectivity index is 2.30. The predicted octanol–water partition coefficient (Wildman–Crippen LogP) is 1.51. The lowest BCUT2D eigenvalue weighted by molar-refractivity contribution is 0.281. The van der Waals surface area contributed by atoms with Gasteiger partial charge in [0.05, 0.1) is 6.61 Å². The molecule has 2 aromatic rings. The second kappa shape index (κ2) is 5.07. The van der Waals surface area contributed by atoms with E-state index in [4.69, 9.17) is 5.11 Å². The maximum Gasteiger partial charge on any atom is 0.343 e. The molecule has 1 aromatic heterocycles. The van der Waals surface area contributed by atoms with E-state index in [1.807, 2.05) is 18.2 Å². The highest BCUT2D eigenvalue weighted by Gasteiger charge is 2.09. The number of benzene rings is 1. The van der Waals surface area contributed by atoms with Crippen molar-refractivity contribution < 1.29 is 5.11 Å². The standard InChI is InChI=1S/C10H10BrN3O2S/c1-14-9(16)12-13-10(14)17-8-3-2-6(5-15)4-7(8)11/h2-4,15H,5H2,1H3,(H,12,16). The van der Waals surface area contributed by atoms with Gasteiger partial charge >= 0.3 is 5.69 Å². The lowest BCUT2D eigenvalue weighted by atomic mass is 10.2. The van der Waals surface area contributed by atoms with Crippen molar-refractivity contribution in [2.75, 3.05) is 0 Å². The van der Waals surface area contributed by atoms with Gasteiger partial charge in [-0.05, 0) is 45.4 Å². The van der Waals surface area contributed by atoms with Crippen LogP contribution < -0.4 is 5.69 Å². The Hall–Kier alpha value is -1.05. The van der Waals surface area contributed by atoms with Crippen LogP contribution in [0.3, 0.4) is 0 Å². The van der Waals surface area contributed by atoms with E-state index >= 15 is 0 Å². The highest BCUT2D eigenvalue weighted by atomic mass is 79.9. The molecule has 2 rings (SSSR count). The van der Waals surface area contributed by atoms with Gasteiger partial charge in [-0.15, -0.1) is 5.10 Å². The fraction of sp³-hybridized carbons (Fsp3) is 0.200. The number of nitrogens with zero attached hydrogens (tertiary/aromatic N) is 2. The summed E-state index contributed by atoms with van der Waals surface area (Å²) in [5.41, 5.74) is 0.591. The average molecular weight is 316 g/mol. The molecule has 0 aliphatic carbocycles. The molecule has 0 aliphatic rings. The van der Waals surface area contributed by atoms with Crippen molar-refractivity contribution in [2.24, 2.45) is 7.05 Å². The third kappa shape index (κ3) is 2.62. The van der Waals surface area contributed by atoms with Crippen molar-refractivity contribution >= 4 is 27.7 Å². The predicted molar refractivity (Wildman–Crippen MR) is 68.0 cm³/mol. The van der Waals surface area contributed by atoms with Crippen LogP contribution in [0.5, 0.6) is 0 Å². The Labute approximate surface area is 110 Å². The summed E-state index contributed by atoms with van der Waals surface area (Å²) < 4.78 is 2.31. The first-order chi connectivity index (χ1) is 8.11. The minimum absolute atomic E-state index is 0.00440. The van der Waals surface area contributed by atoms with E-state index < -0.39 is 0 Å². The summed E-state index contributed by atoms with van der Waals surface area (Å²) in [6.45, 7) is 0.00440. The smallest absolute Gasteiger partial charge is 0.343 e. The first kappa shape index (κ1) is 12.4. The molecule has 0 saturated heterocycles. The van der Waals surface area contributed by atoms with E-state index in [-0.39, 0.29) is 12.3 Å². The number of H-pyrrole nitrogens is 1. The van der Waals surface area contributed by atoms with Crippen LogP contribution in [0.25, 0.3) is 0 Å². The van der Waals surface area contributed by atoms with Gasteiger partial charge in [-0.2, -0.15) is 0 Å². The lowest BCUT2D eigenvalue weighted by Crippen LogP contribution is -2.12. The van der Waals surface area contributed by atoms with Crippen molar-refractivity contribution in [2.45, 2.75) is 16.7 Å². The summed E-state index contributed by atoms with van der Waals surface area (Å²) in [7, 11) is 1.66. The number of aliphatic hydroxyl groups is 1. The molecule has 2 N–H and O–H groups in total. The molecule has 90 valence electrons. The second-order valence-electron chi connectivity index (χ2n) is 3.40. The summed E-state index contributed by atoms with van der Waals surface area (Å²) >= 11 is 4.79. The number of aliphatic hydroxyl groups excluding tert-OH is 1.